The van der Waals surface area contributed by atoms with E-state index in [0.717, 1.165) is 12.8 Å². The molecule has 1 saturated heterocycles. The monoisotopic (exact) mass is 427 g/mol. The Bertz CT molecular complexity index is 1130. The molecule has 0 radical (unpaired) electrons. The van der Waals surface area contributed by atoms with E-state index >= 15 is 0 Å². The Morgan fingerprint density at radius 3 is 2.83 bits per heavy atom. The summed E-state index contributed by atoms with van der Waals surface area (Å²) >= 11 is 1.18. The SMILES string of the molecule is C[C@@H](Sc1nc2ccccc2c(=O)n1C[C@@H]1CCCO1)C(=O)Nc1ccccc1F. The highest BCUT2D eigenvalue weighted by Crippen LogP contribution is 2.25. The third-order valence-corrected chi connectivity index (χ3v) is 6.11. The van der Waals surface area contributed by atoms with Crippen LogP contribution in [0.2, 0.25) is 0 Å². The highest BCUT2D eigenvalue weighted by molar-refractivity contribution is 8.00. The fourth-order valence-corrected chi connectivity index (χ4v) is 4.32. The number of ether oxygens (including phenoxy) is 1. The smallest absolute Gasteiger partial charge is 0.262 e. The zero-order chi connectivity index (χ0) is 21.1. The van der Waals surface area contributed by atoms with E-state index in [1.807, 2.05) is 6.07 Å². The van der Waals surface area contributed by atoms with E-state index < -0.39 is 11.1 Å². The molecule has 0 saturated carbocycles. The summed E-state index contributed by atoms with van der Waals surface area (Å²) in [6.45, 7) is 2.78. The van der Waals surface area contributed by atoms with Crippen molar-refractivity contribution in [3.05, 3.63) is 64.7 Å². The molecule has 0 bridgehead atoms. The lowest BCUT2D eigenvalue weighted by Crippen LogP contribution is -2.30. The molecule has 1 aromatic heterocycles. The number of hydrogen-bond acceptors (Lipinski definition) is 5. The predicted octanol–water partition coefficient (Wildman–Crippen LogP) is 3.83. The maximum atomic E-state index is 13.9. The van der Waals surface area contributed by atoms with Gasteiger partial charge in [0, 0.05) is 6.61 Å². The minimum atomic E-state index is -0.589. The van der Waals surface area contributed by atoms with Gasteiger partial charge in [-0.2, -0.15) is 0 Å². The van der Waals surface area contributed by atoms with Crippen LogP contribution in [0.1, 0.15) is 19.8 Å². The van der Waals surface area contributed by atoms with E-state index in [1.165, 1.54) is 23.9 Å². The van der Waals surface area contributed by atoms with Crippen LogP contribution in [0.3, 0.4) is 0 Å². The number of aromatic nitrogens is 2. The molecule has 0 spiro atoms. The number of thioether (sulfide) groups is 1. The summed E-state index contributed by atoms with van der Waals surface area (Å²) in [5.74, 6) is -0.863. The van der Waals surface area contributed by atoms with Crippen LogP contribution in [0.5, 0.6) is 0 Å². The first-order chi connectivity index (χ1) is 14.5. The van der Waals surface area contributed by atoms with E-state index in [4.69, 9.17) is 4.74 Å². The second kappa shape index (κ2) is 8.97. The van der Waals surface area contributed by atoms with E-state index in [-0.39, 0.29) is 23.3 Å². The maximum absolute atomic E-state index is 13.9. The normalized spacial score (nSPS) is 17.2. The van der Waals surface area contributed by atoms with Crippen molar-refractivity contribution in [2.75, 3.05) is 11.9 Å². The van der Waals surface area contributed by atoms with Gasteiger partial charge in [-0.25, -0.2) is 9.37 Å². The number of carbonyl (C=O) groups excluding carboxylic acids is 1. The minimum absolute atomic E-state index is 0.0486. The van der Waals surface area contributed by atoms with E-state index in [9.17, 15) is 14.0 Å². The highest BCUT2D eigenvalue weighted by atomic mass is 32.2. The van der Waals surface area contributed by atoms with E-state index in [2.05, 4.69) is 10.3 Å². The van der Waals surface area contributed by atoms with Crippen molar-refractivity contribution < 1.29 is 13.9 Å². The van der Waals surface area contributed by atoms with Crippen molar-refractivity contribution in [1.82, 2.24) is 9.55 Å². The van der Waals surface area contributed by atoms with Crippen LogP contribution in [-0.2, 0) is 16.1 Å². The van der Waals surface area contributed by atoms with Gasteiger partial charge in [-0.1, -0.05) is 36.0 Å². The first kappa shape index (κ1) is 20.6. The Kier molecular flexibility index (Phi) is 6.15. The Morgan fingerprint density at radius 1 is 1.30 bits per heavy atom. The molecule has 1 aliphatic rings. The molecule has 2 aromatic carbocycles. The number of nitrogens with one attached hydrogen (secondary N) is 1. The largest absolute Gasteiger partial charge is 0.376 e. The number of halogens is 1. The first-order valence-electron chi connectivity index (χ1n) is 9.86. The van der Waals surface area contributed by atoms with Gasteiger partial charge < -0.3 is 10.1 Å². The highest BCUT2D eigenvalue weighted by Gasteiger charge is 2.23. The molecule has 1 N–H and O–H groups in total. The molecule has 1 fully saturated rings. The van der Waals surface area contributed by atoms with E-state index in [1.54, 1.807) is 41.8 Å². The number of nitrogens with zero attached hydrogens (tertiary/aromatic N) is 2. The maximum Gasteiger partial charge on any atom is 0.262 e. The van der Waals surface area contributed by atoms with Crippen molar-refractivity contribution in [3.8, 4) is 0 Å². The molecule has 30 heavy (non-hydrogen) atoms. The number of anilines is 1. The molecular weight excluding hydrogens is 405 g/mol. The van der Waals surface area contributed by atoms with Crippen molar-refractivity contribution in [2.24, 2.45) is 0 Å². The molecule has 0 aliphatic carbocycles. The summed E-state index contributed by atoms with van der Waals surface area (Å²) in [4.78, 5) is 30.4. The average molecular weight is 428 g/mol. The van der Waals surface area contributed by atoms with Crippen LogP contribution in [-0.4, -0.2) is 33.4 Å². The Labute approximate surface area is 177 Å². The van der Waals surface area contributed by atoms with Gasteiger partial charge in [0.15, 0.2) is 5.16 Å². The molecule has 3 aromatic rings. The molecular formula is C22H22FN3O3S. The topological polar surface area (TPSA) is 73.2 Å². The standard InChI is InChI=1S/C22H22FN3O3S/c1-14(20(27)24-19-11-5-3-9-17(19)23)30-22-25-18-10-4-2-8-16(18)21(28)26(22)13-15-7-6-12-29-15/h2-5,8-11,14-15H,6-7,12-13H2,1H3,(H,24,27)/t14-,15+/m1/s1. The minimum Gasteiger partial charge on any atom is -0.376 e. The first-order valence-corrected chi connectivity index (χ1v) is 10.7. The number of benzene rings is 2. The Morgan fingerprint density at radius 2 is 2.07 bits per heavy atom. The zero-order valence-corrected chi connectivity index (χ0v) is 17.3. The lowest BCUT2D eigenvalue weighted by Gasteiger charge is -2.18. The molecule has 6 nitrogen and oxygen atoms in total. The second-order valence-corrected chi connectivity index (χ2v) is 8.50. The van der Waals surface area contributed by atoms with Gasteiger partial charge in [0.2, 0.25) is 5.91 Å². The molecule has 156 valence electrons. The zero-order valence-electron chi connectivity index (χ0n) is 16.5. The quantitative estimate of drug-likeness (QED) is 0.478. The fourth-order valence-electron chi connectivity index (χ4n) is 3.40. The van der Waals surface area contributed by atoms with Crippen LogP contribution in [0.4, 0.5) is 10.1 Å². The lowest BCUT2D eigenvalue weighted by atomic mass is 10.2. The van der Waals surface area contributed by atoms with Crippen molar-refractivity contribution >= 4 is 34.3 Å². The number of carbonyl (C=O) groups is 1. The van der Waals surface area contributed by atoms with Crippen LogP contribution >= 0.6 is 11.8 Å². The van der Waals surface area contributed by atoms with Gasteiger partial charge in [0.25, 0.3) is 5.56 Å². The Hall–Kier alpha value is -2.71. The van der Waals surface area contributed by atoms with E-state index in [0.29, 0.717) is 29.2 Å². The molecule has 0 unspecified atom stereocenters. The van der Waals surface area contributed by atoms with Gasteiger partial charge >= 0.3 is 0 Å². The fraction of sp³-hybridized carbons (Fsp3) is 0.318. The van der Waals surface area contributed by atoms with Crippen molar-refractivity contribution in [3.63, 3.8) is 0 Å². The number of rotatable bonds is 6. The summed E-state index contributed by atoms with van der Waals surface area (Å²) in [5, 5.41) is 2.99. The van der Waals surface area contributed by atoms with Gasteiger partial charge in [-0.3, -0.25) is 14.2 Å². The van der Waals surface area contributed by atoms with Crippen LogP contribution in [0.15, 0.2) is 58.5 Å². The van der Waals surface area contributed by atoms with Crippen LogP contribution < -0.4 is 10.9 Å². The molecule has 8 heteroatoms. The number of para-hydroxylation sites is 2. The summed E-state index contributed by atoms with van der Waals surface area (Å²) in [6.07, 6.45) is 1.80. The van der Waals surface area contributed by atoms with Gasteiger partial charge in [0.05, 0.1) is 34.5 Å². The van der Waals surface area contributed by atoms with Crippen molar-refractivity contribution in [2.45, 2.75) is 42.8 Å². The molecule has 4 rings (SSSR count). The van der Waals surface area contributed by atoms with Gasteiger partial charge in [-0.15, -0.1) is 0 Å². The number of hydrogen-bond donors (Lipinski definition) is 1. The molecule has 1 amide bonds. The van der Waals surface area contributed by atoms with Gasteiger partial charge in [0.1, 0.15) is 5.82 Å². The third kappa shape index (κ3) is 4.39. The summed E-state index contributed by atoms with van der Waals surface area (Å²) in [6, 6.07) is 13.2. The summed E-state index contributed by atoms with van der Waals surface area (Å²) in [5.41, 5.74) is 0.550. The Balaban J connectivity index is 1.62. The number of amides is 1. The average Bonchev–Trinajstić information content (AvgIpc) is 3.26. The second-order valence-electron chi connectivity index (χ2n) is 7.19. The third-order valence-electron chi connectivity index (χ3n) is 5.02. The van der Waals surface area contributed by atoms with Gasteiger partial charge in [-0.05, 0) is 44.0 Å². The van der Waals surface area contributed by atoms with Crippen LogP contribution in [0, 0.1) is 5.82 Å². The van der Waals surface area contributed by atoms with Crippen molar-refractivity contribution in [1.29, 1.82) is 0 Å². The lowest BCUT2D eigenvalue weighted by molar-refractivity contribution is -0.115. The summed E-state index contributed by atoms with van der Waals surface area (Å²) in [7, 11) is 0. The number of fused-ring (bicyclic) bond motifs is 1. The molecule has 1 aliphatic heterocycles. The van der Waals surface area contributed by atoms with Crippen LogP contribution in [0.25, 0.3) is 10.9 Å². The predicted molar refractivity (Wildman–Crippen MR) is 115 cm³/mol. The molecule has 2 atom stereocenters. The summed E-state index contributed by atoms with van der Waals surface area (Å²) < 4.78 is 21.2. The molecule has 2 heterocycles.